The minimum atomic E-state index is -0.169. The third-order valence-corrected chi connectivity index (χ3v) is 4.68. The highest BCUT2D eigenvalue weighted by molar-refractivity contribution is 9.10. The van der Waals surface area contributed by atoms with Crippen molar-refractivity contribution in [3.63, 3.8) is 0 Å². The molecule has 0 aliphatic carbocycles. The highest BCUT2D eigenvalue weighted by atomic mass is 79.9. The number of nitrogens with one attached hydrogen (secondary N) is 3. The van der Waals surface area contributed by atoms with Gasteiger partial charge in [0.15, 0.2) is 0 Å². The Hall–Kier alpha value is -3.12. The lowest BCUT2D eigenvalue weighted by Crippen LogP contribution is -2.21. The van der Waals surface area contributed by atoms with Crippen LogP contribution in [-0.2, 0) is 16.0 Å². The Morgan fingerprint density at radius 2 is 1.38 bits per heavy atom. The Balaban J connectivity index is 1.48. The van der Waals surface area contributed by atoms with Crippen molar-refractivity contribution in [2.24, 2.45) is 0 Å². The van der Waals surface area contributed by atoms with Crippen LogP contribution < -0.4 is 16.0 Å². The van der Waals surface area contributed by atoms with Crippen molar-refractivity contribution in [2.45, 2.75) is 12.8 Å². The largest absolute Gasteiger partial charge is 0.376 e. The fourth-order valence-corrected chi connectivity index (χ4v) is 3.19. The first-order chi connectivity index (χ1) is 14.1. The molecule has 0 aliphatic heterocycles. The lowest BCUT2D eigenvalue weighted by atomic mass is 10.1. The average Bonchev–Trinajstić information content (AvgIpc) is 2.72. The second-order valence-corrected chi connectivity index (χ2v) is 7.44. The molecule has 0 aliphatic rings. The Bertz CT molecular complexity index is 977. The fourth-order valence-electron chi connectivity index (χ4n) is 2.79. The highest BCUT2D eigenvalue weighted by Gasteiger charge is 2.06. The minimum absolute atomic E-state index is 0.0614. The summed E-state index contributed by atoms with van der Waals surface area (Å²) in [6, 6.07) is 24.6. The number of rotatable bonds is 8. The second kappa shape index (κ2) is 10.4. The normalized spacial score (nSPS) is 10.2. The maximum atomic E-state index is 12.2. The van der Waals surface area contributed by atoms with E-state index in [-0.39, 0.29) is 18.4 Å². The van der Waals surface area contributed by atoms with Crippen molar-refractivity contribution in [2.75, 3.05) is 22.5 Å². The van der Waals surface area contributed by atoms with Gasteiger partial charge in [0.2, 0.25) is 11.8 Å². The molecule has 0 bridgehead atoms. The molecule has 0 spiro atoms. The van der Waals surface area contributed by atoms with Gasteiger partial charge in [-0.05, 0) is 48.4 Å². The number of benzene rings is 3. The quantitative estimate of drug-likeness (QED) is 0.447. The van der Waals surface area contributed by atoms with E-state index < -0.39 is 0 Å². The third-order valence-electron chi connectivity index (χ3n) is 4.19. The molecule has 0 saturated carbocycles. The highest BCUT2D eigenvalue weighted by Crippen LogP contribution is 2.17. The number of halogens is 1. The van der Waals surface area contributed by atoms with Gasteiger partial charge in [-0.15, -0.1) is 0 Å². The molecule has 29 heavy (non-hydrogen) atoms. The summed E-state index contributed by atoms with van der Waals surface area (Å²) in [5, 5.41) is 8.79. The average molecular weight is 452 g/mol. The summed E-state index contributed by atoms with van der Waals surface area (Å²) in [4.78, 5) is 24.4. The molecule has 3 N–H and O–H groups in total. The molecule has 5 nitrogen and oxygen atoms in total. The van der Waals surface area contributed by atoms with E-state index in [1.807, 2.05) is 54.6 Å². The number of carbonyl (C=O) groups excluding carboxylic acids is 2. The zero-order chi connectivity index (χ0) is 20.5. The molecule has 3 rings (SSSR count). The van der Waals surface area contributed by atoms with Gasteiger partial charge in [0.05, 0.1) is 6.54 Å². The molecule has 0 heterocycles. The van der Waals surface area contributed by atoms with E-state index in [0.29, 0.717) is 24.2 Å². The van der Waals surface area contributed by atoms with E-state index in [0.717, 1.165) is 15.7 Å². The van der Waals surface area contributed by atoms with Gasteiger partial charge in [-0.1, -0.05) is 58.4 Å². The predicted molar refractivity (Wildman–Crippen MR) is 121 cm³/mol. The molecule has 0 aromatic heterocycles. The number of anilines is 3. The van der Waals surface area contributed by atoms with Gasteiger partial charge in [-0.3, -0.25) is 9.59 Å². The van der Waals surface area contributed by atoms with Gasteiger partial charge < -0.3 is 16.0 Å². The topological polar surface area (TPSA) is 70.2 Å². The summed E-state index contributed by atoms with van der Waals surface area (Å²) in [5.74, 6) is -0.230. The van der Waals surface area contributed by atoms with Crippen LogP contribution in [0.1, 0.15) is 12.0 Å². The summed E-state index contributed by atoms with van der Waals surface area (Å²) < 4.78 is 0.943. The molecule has 0 unspecified atom stereocenters. The molecule has 0 fully saturated rings. The standard InChI is InChI=1S/C23H22BrN3O2/c24-18-8-4-9-19(14-18)25-16-23(29)27-21-11-5-10-20(15-21)26-22(28)13-12-17-6-2-1-3-7-17/h1-11,14-15,25H,12-13,16H2,(H,26,28)(H,27,29). The van der Waals surface area contributed by atoms with Crippen LogP contribution in [0.2, 0.25) is 0 Å². The van der Waals surface area contributed by atoms with Crippen molar-refractivity contribution in [1.82, 2.24) is 0 Å². The summed E-state index contributed by atoms with van der Waals surface area (Å²) in [5.41, 5.74) is 3.27. The summed E-state index contributed by atoms with van der Waals surface area (Å²) in [6.45, 7) is 0.143. The van der Waals surface area contributed by atoms with Gasteiger partial charge in [0.25, 0.3) is 0 Å². The zero-order valence-corrected chi connectivity index (χ0v) is 17.4. The molecule has 0 radical (unpaired) electrons. The molecular formula is C23H22BrN3O2. The molecule has 2 amide bonds. The van der Waals surface area contributed by atoms with Crippen LogP contribution in [0.15, 0.2) is 83.3 Å². The Morgan fingerprint density at radius 1 is 0.724 bits per heavy atom. The van der Waals surface area contributed by atoms with Crippen molar-refractivity contribution >= 4 is 44.8 Å². The number of carbonyl (C=O) groups is 2. The van der Waals surface area contributed by atoms with Crippen LogP contribution in [0.4, 0.5) is 17.1 Å². The van der Waals surface area contributed by atoms with E-state index in [4.69, 9.17) is 0 Å². The summed E-state index contributed by atoms with van der Waals surface area (Å²) in [6.07, 6.45) is 1.08. The predicted octanol–water partition coefficient (Wildman–Crippen LogP) is 5.07. The summed E-state index contributed by atoms with van der Waals surface area (Å²) in [7, 11) is 0. The van der Waals surface area contributed by atoms with Crippen LogP contribution in [-0.4, -0.2) is 18.4 Å². The van der Waals surface area contributed by atoms with Gasteiger partial charge in [0, 0.05) is 28.0 Å². The van der Waals surface area contributed by atoms with E-state index in [2.05, 4.69) is 31.9 Å². The Labute approximate surface area is 178 Å². The molecule has 0 saturated heterocycles. The van der Waals surface area contributed by atoms with Gasteiger partial charge in [-0.25, -0.2) is 0 Å². The summed E-state index contributed by atoms with van der Waals surface area (Å²) >= 11 is 3.40. The Kier molecular flexibility index (Phi) is 7.41. The zero-order valence-electron chi connectivity index (χ0n) is 15.8. The van der Waals surface area contributed by atoms with Crippen molar-refractivity contribution in [3.05, 3.63) is 88.9 Å². The lowest BCUT2D eigenvalue weighted by Gasteiger charge is -2.10. The van der Waals surface area contributed by atoms with E-state index in [1.54, 1.807) is 24.3 Å². The van der Waals surface area contributed by atoms with Gasteiger partial charge >= 0.3 is 0 Å². The first kappa shape index (κ1) is 20.6. The number of hydrogen-bond donors (Lipinski definition) is 3. The molecule has 6 heteroatoms. The van der Waals surface area contributed by atoms with Gasteiger partial charge in [0.1, 0.15) is 0 Å². The smallest absolute Gasteiger partial charge is 0.243 e. The van der Waals surface area contributed by atoms with Crippen molar-refractivity contribution in [1.29, 1.82) is 0 Å². The van der Waals surface area contributed by atoms with Crippen LogP contribution in [0.5, 0.6) is 0 Å². The van der Waals surface area contributed by atoms with E-state index in [1.165, 1.54) is 0 Å². The van der Waals surface area contributed by atoms with E-state index >= 15 is 0 Å². The first-order valence-electron chi connectivity index (χ1n) is 9.31. The van der Waals surface area contributed by atoms with Crippen LogP contribution >= 0.6 is 15.9 Å². The fraction of sp³-hybridized carbons (Fsp3) is 0.130. The van der Waals surface area contributed by atoms with Gasteiger partial charge in [-0.2, -0.15) is 0 Å². The van der Waals surface area contributed by atoms with E-state index in [9.17, 15) is 9.59 Å². The van der Waals surface area contributed by atoms with Crippen LogP contribution in [0, 0.1) is 0 Å². The van der Waals surface area contributed by atoms with Crippen molar-refractivity contribution < 1.29 is 9.59 Å². The Morgan fingerprint density at radius 3 is 2.10 bits per heavy atom. The maximum absolute atomic E-state index is 12.2. The first-order valence-corrected chi connectivity index (χ1v) is 10.1. The number of aryl methyl sites for hydroxylation is 1. The molecular weight excluding hydrogens is 430 g/mol. The van der Waals surface area contributed by atoms with Crippen LogP contribution in [0.3, 0.4) is 0 Å². The van der Waals surface area contributed by atoms with Crippen molar-refractivity contribution in [3.8, 4) is 0 Å². The SMILES string of the molecule is O=C(CCc1ccccc1)Nc1cccc(NC(=O)CNc2cccc(Br)c2)c1. The third kappa shape index (κ3) is 7.08. The molecule has 148 valence electrons. The monoisotopic (exact) mass is 451 g/mol. The molecule has 3 aromatic carbocycles. The maximum Gasteiger partial charge on any atom is 0.243 e. The number of hydrogen-bond acceptors (Lipinski definition) is 3. The lowest BCUT2D eigenvalue weighted by molar-refractivity contribution is -0.116. The number of amides is 2. The van der Waals surface area contributed by atoms with Crippen LogP contribution in [0.25, 0.3) is 0 Å². The molecule has 3 aromatic rings. The second-order valence-electron chi connectivity index (χ2n) is 6.53. The minimum Gasteiger partial charge on any atom is -0.376 e. The molecule has 0 atom stereocenters.